The normalized spacial score (nSPS) is 9.47. The molecule has 0 radical (unpaired) electrons. The van der Waals surface area contributed by atoms with E-state index in [9.17, 15) is 14.9 Å². The van der Waals surface area contributed by atoms with Crippen molar-refractivity contribution in [1.29, 1.82) is 0 Å². The Kier molecular flexibility index (Phi) is 3.22. The number of carbonyl (C=O) groups is 1. The molecular formula is C9H10N2O4. The topological polar surface area (TPSA) is 72.7 Å². The highest BCUT2D eigenvalue weighted by molar-refractivity contribution is 5.71. The lowest BCUT2D eigenvalue weighted by Crippen LogP contribution is -2.25. The smallest absolute Gasteiger partial charge is 0.403 e. The first-order chi connectivity index (χ1) is 7.02. The van der Waals surface area contributed by atoms with Crippen molar-refractivity contribution in [3.63, 3.8) is 0 Å². The molecule has 0 saturated heterocycles. The predicted octanol–water partition coefficient (Wildman–Crippen LogP) is 1.66. The molecule has 0 fully saturated rings. The SMILES string of the molecule is CN(C)C(=O)Oc1ccccc1[N+](=O)[O-]. The Balaban J connectivity index is 2.94. The molecule has 0 bridgehead atoms. The maximum atomic E-state index is 11.2. The molecule has 0 unspecified atom stereocenters. The Morgan fingerprint density at radius 3 is 2.53 bits per heavy atom. The Morgan fingerprint density at radius 1 is 1.40 bits per heavy atom. The number of nitro benzene ring substituents is 1. The molecule has 6 nitrogen and oxygen atoms in total. The van der Waals surface area contributed by atoms with Gasteiger partial charge in [-0.15, -0.1) is 0 Å². The summed E-state index contributed by atoms with van der Waals surface area (Å²) in [6, 6.07) is 5.72. The summed E-state index contributed by atoms with van der Waals surface area (Å²) in [7, 11) is 2.99. The number of ether oxygens (including phenoxy) is 1. The van der Waals surface area contributed by atoms with E-state index >= 15 is 0 Å². The number of nitrogens with zero attached hydrogens (tertiary/aromatic N) is 2. The van der Waals surface area contributed by atoms with E-state index in [1.165, 1.54) is 37.2 Å². The van der Waals surface area contributed by atoms with Crippen LogP contribution in [-0.2, 0) is 0 Å². The van der Waals surface area contributed by atoms with Crippen LogP contribution >= 0.6 is 0 Å². The highest BCUT2D eigenvalue weighted by Crippen LogP contribution is 2.25. The summed E-state index contributed by atoms with van der Waals surface area (Å²) >= 11 is 0. The number of carbonyl (C=O) groups excluding carboxylic acids is 1. The van der Waals surface area contributed by atoms with E-state index in [1.54, 1.807) is 6.07 Å². The van der Waals surface area contributed by atoms with Gasteiger partial charge >= 0.3 is 11.8 Å². The van der Waals surface area contributed by atoms with Crippen LogP contribution in [0.3, 0.4) is 0 Å². The zero-order valence-corrected chi connectivity index (χ0v) is 8.34. The molecule has 1 aromatic carbocycles. The minimum atomic E-state index is -0.649. The number of para-hydroxylation sites is 2. The average Bonchev–Trinajstić information content (AvgIpc) is 2.18. The van der Waals surface area contributed by atoms with Gasteiger partial charge in [0.25, 0.3) is 0 Å². The van der Waals surface area contributed by atoms with Crippen LogP contribution in [0.5, 0.6) is 5.75 Å². The van der Waals surface area contributed by atoms with Crippen LogP contribution < -0.4 is 4.74 Å². The number of hydrogen-bond donors (Lipinski definition) is 0. The Morgan fingerprint density at radius 2 is 2.00 bits per heavy atom. The summed E-state index contributed by atoms with van der Waals surface area (Å²) in [4.78, 5) is 22.3. The molecule has 80 valence electrons. The third kappa shape index (κ3) is 2.67. The second-order valence-corrected chi connectivity index (χ2v) is 2.99. The highest BCUT2D eigenvalue weighted by atomic mass is 16.6. The van der Waals surface area contributed by atoms with Crippen LogP contribution in [0.2, 0.25) is 0 Å². The molecule has 0 spiro atoms. The van der Waals surface area contributed by atoms with Crippen LogP contribution in [0, 0.1) is 10.1 Å². The van der Waals surface area contributed by atoms with Gasteiger partial charge in [0.2, 0.25) is 5.75 Å². The second-order valence-electron chi connectivity index (χ2n) is 2.99. The fourth-order valence-electron chi connectivity index (χ4n) is 0.880. The van der Waals surface area contributed by atoms with Gasteiger partial charge in [-0.1, -0.05) is 12.1 Å². The third-order valence-corrected chi connectivity index (χ3v) is 1.62. The fraction of sp³-hybridized carbons (Fsp3) is 0.222. The molecule has 0 N–H and O–H groups in total. The van der Waals surface area contributed by atoms with E-state index < -0.39 is 11.0 Å². The van der Waals surface area contributed by atoms with Crippen LogP contribution in [0.1, 0.15) is 0 Å². The largest absolute Gasteiger partial charge is 0.414 e. The van der Waals surface area contributed by atoms with Gasteiger partial charge in [0.05, 0.1) is 4.92 Å². The van der Waals surface area contributed by atoms with Crippen LogP contribution in [0.25, 0.3) is 0 Å². The standard InChI is InChI=1S/C9H10N2O4/c1-10(2)9(12)15-8-6-4-3-5-7(8)11(13)14/h3-6H,1-2H3. The number of nitro groups is 1. The summed E-state index contributed by atoms with van der Waals surface area (Å²) in [6.07, 6.45) is -0.649. The maximum absolute atomic E-state index is 11.2. The number of rotatable bonds is 2. The molecule has 0 aliphatic rings. The molecule has 0 aliphatic carbocycles. The molecule has 0 aromatic heterocycles. The zero-order chi connectivity index (χ0) is 11.4. The molecule has 6 heteroatoms. The van der Waals surface area contributed by atoms with E-state index in [-0.39, 0.29) is 11.4 Å². The molecular weight excluding hydrogens is 200 g/mol. The first-order valence-corrected chi connectivity index (χ1v) is 4.15. The van der Waals surface area contributed by atoms with Crippen molar-refractivity contribution in [2.24, 2.45) is 0 Å². The van der Waals surface area contributed by atoms with Crippen molar-refractivity contribution in [3.05, 3.63) is 34.4 Å². The molecule has 15 heavy (non-hydrogen) atoms. The lowest BCUT2D eigenvalue weighted by atomic mass is 10.3. The molecule has 1 rings (SSSR count). The van der Waals surface area contributed by atoms with E-state index in [0.717, 1.165) is 0 Å². The minimum Gasteiger partial charge on any atom is -0.403 e. The fourth-order valence-corrected chi connectivity index (χ4v) is 0.880. The summed E-state index contributed by atoms with van der Waals surface area (Å²) < 4.78 is 4.81. The summed E-state index contributed by atoms with van der Waals surface area (Å²) in [5.74, 6) is -0.0544. The number of amides is 1. The summed E-state index contributed by atoms with van der Waals surface area (Å²) in [5, 5.41) is 10.6. The quantitative estimate of drug-likeness (QED) is 0.549. The van der Waals surface area contributed by atoms with Gasteiger partial charge in [-0.05, 0) is 6.07 Å². The highest BCUT2D eigenvalue weighted by Gasteiger charge is 2.17. The Labute approximate surface area is 86.2 Å². The van der Waals surface area contributed by atoms with Crippen molar-refractivity contribution in [3.8, 4) is 5.75 Å². The first kappa shape index (κ1) is 11.0. The van der Waals surface area contributed by atoms with E-state index in [2.05, 4.69) is 0 Å². The minimum absolute atomic E-state index is 0.0544. The third-order valence-electron chi connectivity index (χ3n) is 1.62. The van der Waals surface area contributed by atoms with Gasteiger partial charge in [-0.3, -0.25) is 10.1 Å². The van der Waals surface area contributed by atoms with E-state index in [4.69, 9.17) is 4.74 Å². The first-order valence-electron chi connectivity index (χ1n) is 4.15. The molecule has 0 aliphatic heterocycles. The van der Waals surface area contributed by atoms with Gasteiger partial charge < -0.3 is 9.64 Å². The van der Waals surface area contributed by atoms with Crippen molar-refractivity contribution in [1.82, 2.24) is 4.90 Å². The van der Waals surface area contributed by atoms with Crippen molar-refractivity contribution >= 4 is 11.8 Å². The number of benzene rings is 1. The lowest BCUT2D eigenvalue weighted by Gasteiger charge is -2.10. The lowest BCUT2D eigenvalue weighted by molar-refractivity contribution is -0.385. The van der Waals surface area contributed by atoms with E-state index in [0.29, 0.717) is 0 Å². The average molecular weight is 210 g/mol. The van der Waals surface area contributed by atoms with Gasteiger partial charge in [-0.25, -0.2) is 4.79 Å². The van der Waals surface area contributed by atoms with Crippen LogP contribution in [-0.4, -0.2) is 30.0 Å². The molecule has 1 aromatic rings. The molecule has 1 amide bonds. The second kappa shape index (κ2) is 4.41. The van der Waals surface area contributed by atoms with Gasteiger partial charge in [0.1, 0.15) is 0 Å². The monoisotopic (exact) mass is 210 g/mol. The van der Waals surface area contributed by atoms with Gasteiger partial charge in [0, 0.05) is 20.2 Å². The zero-order valence-electron chi connectivity index (χ0n) is 8.34. The Bertz CT molecular complexity index is 389. The van der Waals surface area contributed by atoms with Crippen molar-refractivity contribution in [2.45, 2.75) is 0 Å². The van der Waals surface area contributed by atoms with Gasteiger partial charge in [-0.2, -0.15) is 0 Å². The number of hydrogen-bond acceptors (Lipinski definition) is 4. The predicted molar refractivity (Wildman–Crippen MR) is 52.8 cm³/mol. The van der Waals surface area contributed by atoms with Crippen molar-refractivity contribution in [2.75, 3.05) is 14.1 Å². The molecule has 0 atom stereocenters. The summed E-state index contributed by atoms with van der Waals surface area (Å²) in [6.45, 7) is 0. The van der Waals surface area contributed by atoms with Crippen LogP contribution in [0.4, 0.5) is 10.5 Å². The molecule has 0 heterocycles. The van der Waals surface area contributed by atoms with E-state index in [1.807, 2.05) is 0 Å². The Hall–Kier alpha value is -2.11. The van der Waals surface area contributed by atoms with Crippen molar-refractivity contribution < 1.29 is 14.5 Å². The maximum Gasteiger partial charge on any atom is 0.414 e. The molecule has 0 saturated carbocycles. The summed E-state index contributed by atoms with van der Waals surface area (Å²) in [5.41, 5.74) is -0.229. The van der Waals surface area contributed by atoms with Crippen LogP contribution in [0.15, 0.2) is 24.3 Å². The van der Waals surface area contributed by atoms with Gasteiger partial charge in [0.15, 0.2) is 0 Å².